The molecule has 2 aromatic rings. The minimum atomic E-state index is -1.07. The van der Waals surface area contributed by atoms with Gasteiger partial charge in [-0.1, -0.05) is 11.6 Å². The molecule has 106 valence electrons. The lowest BCUT2D eigenvalue weighted by molar-refractivity contribution is -0.149. The van der Waals surface area contributed by atoms with Crippen LogP contribution in [0.15, 0.2) is 12.7 Å². The Kier molecular flexibility index (Phi) is 4.14. The second kappa shape index (κ2) is 5.83. The van der Waals surface area contributed by atoms with Gasteiger partial charge in [-0.2, -0.15) is 0 Å². The van der Waals surface area contributed by atoms with Crippen LogP contribution >= 0.6 is 11.6 Å². The summed E-state index contributed by atoms with van der Waals surface area (Å²) in [5, 5.41) is 2.61. The fourth-order valence-corrected chi connectivity index (χ4v) is 1.92. The average molecular weight is 298 g/mol. The van der Waals surface area contributed by atoms with Gasteiger partial charge in [0.2, 0.25) is 12.1 Å². The summed E-state index contributed by atoms with van der Waals surface area (Å²) in [6, 6.07) is 0. The lowest BCUT2D eigenvalue weighted by Crippen LogP contribution is -2.37. The first-order valence-electron chi connectivity index (χ1n) is 5.81. The van der Waals surface area contributed by atoms with Crippen LogP contribution in [0.3, 0.4) is 0 Å². The summed E-state index contributed by atoms with van der Waals surface area (Å²) in [5.74, 6) is -1.01. The van der Waals surface area contributed by atoms with Crippen LogP contribution in [0, 0.1) is 0 Å². The summed E-state index contributed by atoms with van der Waals surface area (Å²) >= 11 is 5.99. The monoisotopic (exact) mass is 297 g/mol. The van der Waals surface area contributed by atoms with Gasteiger partial charge in [0, 0.05) is 6.92 Å². The molecule has 1 N–H and O–H groups in total. The van der Waals surface area contributed by atoms with Crippen LogP contribution in [-0.2, 0) is 14.3 Å². The SMILES string of the molecule is CCOC(=O)C(NC(C)=O)n1cnc2ncnc(Cl)c21. The highest BCUT2D eigenvalue weighted by molar-refractivity contribution is 6.33. The molecule has 0 aromatic carbocycles. The van der Waals surface area contributed by atoms with Crippen LogP contribution in [0.4, 0.5) is 0 Å². The van der Waals surface area contributed by atoms with Crippen molar-refractivity contribution in [1.29, 1.82) is 0 Å². The Hall–Kier alpha value is -2.22. The van der Waals surface area contributed by atoms with E-state index >= 15 is 0 Å². The molecular formula is C11H12ClN5O3. The fourth-order valence-electron chi connectivity index (χ4n) is 1.69. The molecule has 8 nitrogen and oxygen atoms in total. The zero-order valence-corrected chi connectivity index (χ0v) is 11.6. The number of fused-ring (bicyclic) bond motifs is 1. The maximum Gasteiger partial charge on any atom is 0.350 e. The molecule has 0 saturated heterocycles. The van der Waals surface area contributed by atoms with Gasteiger partial charge in [0.15, 0.2) is 10.8 Å². The van der Waals surface area contributed by atoms with E-state index in [0.29, 0.717) is 11.2 Å². The molecule has 0 aliphatic rings. The highest BCUT2D eigenvalue weighted by Gasteiger charge is 2.25. The number of nitrogens with zero attached hydrogens (tertiary/aromatic N) is 4. The van der Waals surface area contributed by atoms with E-state index in [1.807, 2.05) is 0 Å². The highest BCUT2D eigenvalue weighted by Crippen LogP contribution is 2.21. The third kappa shape index (κ3) is 2.69. The van der Waals surface area contributed by atoms with Gasteiger partial charge in [-0.3, -0.25) is 9.36 Å². The summed E-state index contributed by atoms with van der Waals surface area (Å²) < 4.78 is 6.30. The maximum atomic E-state index is 12.0. The molecule has 1 unspecified atom stereocenters. The molecule has 1 amide bonds. The number of halogens is 1. The van der Waals surface area contributed by atoms with Gasteiger partial charge in [0.25, 0.3) is 0 Å². The predicted molar refractivity (Wildman–Crippen MR) is 69.8 cm³/mol. The highest BCUT2D eigenvalue weighted by atomic mass is 35.5. The van der Waals surface area contributed by atoms with Crippen molar-refractivity contribution in [2.75, 3.05) is 6.61 Å². The van der Waals surface area contributed by atoms with E-state index in [4.69, 9.17) is 16.3 Å². The molecule has 2 rings (SSSR count). The molecule has 0 aliphatic carbocycles. The fraction of sp³-hybridized carbons (Fsp3) is 0.364. The van der Waals surface area contributed by atoms with Crippen molar-refractivity contribution in [2.24, 2.45) is 0 Å². The van der Waals surface area contributed by atoms with Crippen molar-refractivity contribution < 1.29 is 14.3 Å². The van der Waals surface area contributed by atoms with Gasteiger partial charge in [0.05, 0.1) is 12.9 Å². The van der Waals surface area contributed by atoms with E-state index in [9.17, 15) is 9.59 Å². The number of esters is 1. The van der Waals surface area contributed by atoms with E-state index in [-0.39, 0.29) is 11.8 Å². The minimum Gasteiger partial charge on any atom is -0.463 e. The summed E-state index contributed by atoms with van der Waals surface area (Å²) in [6.45, 7) is 3.15. The molecule has 2 heterocycles. The number of amides is 1. The third-order valence-electron chi connectivity index (χ3n) is 2.45. The molecule has 0 radical (unpaired) electrons. The van der Waals surface area contributed by atoms with Crippen LogP contribution in [0.5, 0.6) is 0 Å². The number of hydrogen-bond acceptors (Lipinski definition) is 6. The van der Waals surface area contributed by atoms with Crippen molar-refractivity contribution in [3.63, 3.8) is 0 Å². The van der Waals surface area contributed by atoms with Crippen LogP contribution in [0.2, 0.25) is 5.15 Å². The van der Waals surface area contributed by atoms with Gasteiger partial charge in [0.1, 0.15) is 11.8 Å². The van der Waals surface area contributed by atoms with Crippen LogP contribution in [0.1, 0.15) is 20.0 Å². The molecular weight excluding hydrogens is 286 g/mol. The topological polar surface area (TPSA) is 99.0 Å². The Morgan fingerprint density at radius 3 is 2.85 bits per heavy atom. The van der Waals surface area contributed by atoms with Gasteiger partial charge in [-0.25, -0.2) is 19.7 Å². The Morgan fingerprint density at radius 2 is 2.20 bits per heavy atom. The maximum absolute atomic E-state index is 12.0. The first-order valence-corrected chi connectivity index (χ1v) is 6.19. The predicted octanol–water partition coefficient (Wildman–Crippen LogP) is 0.677. The van der Waals surface area contributed by atoms with E-state index in [0.717, 1.165) is 0 Å². The van der Waals surface area contributed by atoms with E-state index in [2.05, 4.69) is 20.3 Å². The minimum absolute atomic E-state index is 0.132. The van der Waals surface area contributed by atoms with E-state index in [1.165, 1.54) is 24.1 Å². The molecule has 1 atom stereocenters. The third-order valence-corrected chi connectivity index (χ3v) is 2.73. The number of ether oxygens (including phenoxy) is 1. The smallest absolute Gasteiger partial charge is 0.350 e. The van der Waals surface area contributed by atoms with Crippen molar-refractivity contribution in [3.8, 4) is 0 Å². The number of hydrogen-bond donors (Lipinski definition) is 1. The van der Waals surface area contributed by atoms with E-state index < -0.39 is 18.0 Å². The zero-order chi connectivity index (χ0) is 14.7. The lowest BCUT2D eigenvalue weighted by Gasteiger charge is -2.18. The number of rotatable bonds is 4. The van der Waals surface area contributed by atoms with E-state index in [1.54, 1.807) is 6.92 Å². The quantitative estimate of drug-likeness (QED) is 0.658. The number of carbonyl (C=O) groups is 2. The van der Waals surface area contributed by atoms with Gasteiger partial charge >= 0.3 is 5.97 Å². The zero-order valence-electron chi connectivity index (χ0n) is 10.8. The Balaban J connectivity index is 2.50. The molecule has 2 aromatic heterocycles. The number of aromatic nitrogens is 4. The Bertz CT molecular complexity index is 657. The molecule has 0 bridgehead atoms. The first kappa shape index (κ1) is 14.2. The molecule has 0 fully saturated rings. The van der Waals surface area contributed by atoms with Crippen molar-refractivity contribution in [1.82, 2.24) is 24.8 Å². The number of imidazole rings is 1. The molecule has 0 spiro atoms. The standard InChI is InChI=1S/C11H12ClN5O3/c1-3-20-11(19)10(16-6(2)18)17-5-15-9-7(17)8(12)13-4-14-9/h4-5,10H,3H2,1-2H3,(H,16,18). The Morgan fingerprint density at radius 1 is 1.45 bits per heavy atom. The van der Waals surface area contributed by atoms with Crippen LogP contribution in [0.25, 0.3) is 11.2 Å². The second-order valence-electron chi connectivity index (χ2n) is 3.84. The van der Waals surface area contributed by atoms with Crippen molar-refractivity contribution >= 4 is 34.6 Å². The van der Waals surface area contributed by atoms with Crippen LogP contribution < -0.4 is 5.32 Å². The largest absolute Gasteiger partial charge is 0.463 e. The Labute approximate surface area is 119 Å². The van der Waals surface area contributed by atoms with Crippen molar-refractivity contribution in [3.05, 3.63) is 17.8 Å². The van der Waals surface area contributed by atoms with Gasteiger partial charge in [-0.15, -0.1) is 0 Å². The van der Waals surface area contributed by atoms with Gasteiger partial charge in [-0.05, 0) is 6.92 Å². The molecule has 0 aliphatic heterocycles. The molecule has 9 heteroatoms. The molecule has 0 saturated carbocycles. The summed E-state index contributed by atoms with van der Waals surface area (Å²) in [6.07, 6.45) is 1.55. The second-order valence-corrected chi connectivity index (χ2v) is 4.20. The number of carbonyl (C=O) groups excluding carboxylic acids is 2. The summed E-state index contributed by atoms with van der Waals surface area (Å²) in [4.78, 5) is 35.0. The average Bonchev–Trinajstić information content (AvgIpc) is 2.81. The molecule has 20 heavy (non-hydrogen) atoms. The first-order chi connectivity index (χ1) is 9.54. The van der Waals surface area contributed by atoms with Crippen LogP contribution in [-0.4, -0.2) is 38.0 Å². The van der Waals surface area contributed by atoms with Crippen molar-refractivity contribution in [2.45, 2.75) is 20.0 Å². The normalized spacial score (nSPS) is 12.2. The van der Waals surface area contributed by atoms with Gasteiger partial charge < -0.3 is 10.1 Å². The number of nitrogens with one attached hydrogen (secondary N) is 1. The summed E-state index contributed by atoms with van der Waals surface area (Å²) in [7, 11) is 0. The summed E-state index contributed by atoms with van der Waals surface area (Å²) in [5.41, 5.74) is 0.672. The lowest BCUT2D eigenvalue weighted by atomic mass is 10.4.